The van der Waals surface area contributed by atoms with E-state index < -0.39 is 0 Å². The van der Waals surface area contributed by atoms with Gasteiger partial charge in [-0.15, -0.1) is 0 Å². The Morgan fingerprint density at radius 1 is 0.650 bits per heavy atom. The molecule has 2 nitrogen and oxygen atoms in total. The Morgan fingerprint density at radius 2 is 1.00 bits per heavy atom. The van der Waals surface area contributed by atoms with Gasteiger partial charge in [0.05, 0.1) is 19.8 Å². The number of phenols is 2. The lowest BCUT2D eigenvalue weighted by Gasteiger charge is -2.08. The van der Waals surface area contributed by atoms with Crippen molar-refractivity contribution in [3.8, 4) is 11.5 Å². The van der Waals surface area contributed by atoms with Crippen molar-refractivity contribution in [2.75, 3.05) is 0 Å². The Kier molecular flexibility index (Phi) is 5.51. The molecule has 0 unspecified atom stereocenters. The van der Waals surface area contributed by atoms with Crippen LogP contribution in [-0.4, -0.2) is 10.2 Å². The van der Waals surface area contributed by atoms with E-state index in [4.69, 9.17) is 46.4 Å². The van der Waals surface area contributed by atoms with Gasteiger partial charge in [-0.05, 0) is 45.9 Å². The van der Waals surface area contributed by atoms with Gasteiger partial charge in [-0.2, -0.15) is 0 Å². The summed E-state index contributed by atoms with van der Waals surface area (Å²) in [4.78, 5) is 0.950. The van der Waals surface area contributed by atoms with Crippen molar-refractivity contribution in [2.45, 2.75) is 9.79 Å². The molecule has 20 heavy (non-hydrogen) atoms. The van der Waals surface area contributed by atoms with Crippen LogP contribution in [-0.2, 0) is 0 Å². The molecule has 2 N–H and O–H groups in total. The third-order valence-electron chi connectivity index (χ3n) is 2.21. The second kappa shape index (κ2) is 6.77. The first-order valence-corrected chi connectivity index (χ1v) is 8.75. The second-order valence-corrected chi connectivity index (χ2v) is 7.54. The topological polar surface area (TPSA) is 40.5 Å². The minimum atomic E-state index is -0.0684. The molecule has 0 fully saturated rings. The molecule has 0 aliphatic carbocycles. The van der Waals surface area contributed by atoms with E-state index >= 15 is 0 Å². The SMILES string of the molecule is Oc1c(Cl)cc(Cl)cc1SSc1cc(Cl)cc(Cl)c1O. The number of rotatable bonds is 3. The highest BCUT2D eigenvalue weighted by Crippen LogP contribution is 2.49. The zero-order valence-corrected chi connectivity index (χ0v) is 14.2. The second-order valence-electron chi connectivity index (χ2n) is 3.64. The zero-order chi connectivity index (χ0) is 14.9. The first kappa shape index (κ1) is 16.3. The molecule has 2 aromatic rings. The van der Waals surface area contributed by atoms with Crippen LogP contribution in [0.2, 0.25) is 20.1 Å². The summed E-state index contributed by atoms with van der Waals surface area (Å²) >= 11 is 23.4. The molecule has 0 radical (unpaired) electrons. The summed E-state index contributed by atoms with van der Waals surface area (Å²) in [5, 5.41) is 20.8. The van der Waals surface area contributed by atoms with Crippen molar-refractivity contribution < 1.29 is 10.2 Å². The highest BCUT2D eigenvalue weighted by atomic mass is 35.5. The van der Waals surface area contributed by atoms with E-state index in [0.29, 0.717) is 19.8 Å². The summed E-state index contributed by atoms with van der Waals surface area (Å²) in [5.41, 5.74) is 0. The van der Waals surface area contributed by atoms with Crippen molar-refractivity contribution in [1.29, 1.82) is 0 Å². The molecule has 0 heterocycles. The molecule has 0 saturated heterocycles. The number of aromatic hydroxyl groups is 2. The van der Waals surface area contributed by atoms with Gasteiger partial charge in [0.25, 0.3) is 0 Å². The first-order chi connectivity index (χ1) is 9.38. The van der Waals surface area contributed by atoms with E-state index in [2.05, 4.69) is 0 Å². The van der Waals surface area contributed by atoms with E-state index in [-0.39, 0.29) is 21.5 Å². The van der Waals surface area contributed by atoms with Gasteiger partial charge < -0.3 is 10.2 Å². The largest absolute Gasteiger partial charge is 0.505 e. The smallest absolute Gasteiger partial charge is 0.148 e. The van der Waals surface area contributed by atoms with Crippen LogP contribution in [0.25, 0.3) is 0 Å². The molecule has 0 amide bonds. The summed E-state index contributed by atoms with van der Waals surface area (Å²) < 4.78 is 0. The Morgan fingerprint density at radius 3 is 1.35 bits per heavy atom. The van der Waals surface area contributed by atoms with Crippen molar-refractivity contribution in [3.05, 3.63) is 44.4 Å². The fourth-order valence-electron chi connectivity index (χ4n) is 1.30. The van der Waals surface area contributed by atoms with E-state index in [0.717, 1.165) is 0 Å². The predicted molar refractivity (Wildman–Crippen MR) is 88.0 cm³/mol. The standard InChI is InChI=1S/C12H6Cl4O2S2/c13-5-1-7(15)11(17)9(3-5)19-20-10-4-6(14)2-8(16)12(10)18/h1-4,17-18H. The Labute approximate surface area is 143 Å². The van der Waals surface area contributed by atoms with Crippen molar-refractivity contribution in [3.63, 3.8) is 0 Å². The summed E-state index contributed by atoms with van der Waals surface area (Å²) in [6, 6.07) is 6.04. The van der Waals surface area contributed by atoms with E-state index in [1.165, 1.54) is 33.7 Å². The third kappa shape index (κ3) is 3.75. The van der Waals surface area contributed by atoms with E-state index in [9.17, 15) is 10.2 Å². The van der Waals surface area contributed by atoms with Gasteiger partial charge in [-0.25, -0.2) is 0 Å². The van der Waals surface area contributed by atoms with Crippen molar-refractivity contribution in [2.24, 2.45) is 0 Å². The maximum atomic E-state index is 9.84. The Bertz CT molecular complexity index is 607. The van der Waals surface area contributed by atoms with Crippen LogP contribution >= 0.6 is 68.0 Å². The van der Waals surface area contributed by atoms with Crippen LogP contribution in [0.5, 0.6) is 11.5 Å². The van der Waals surface area contributed by atoms with E-state index in [1.54, 1.807) is 12.1 Å². The quantitative estimate of drug-likeness (QED) is 0.588. The molecule has 0 aromatic heterocycles. The molecule has 0 atom stereocenters. The Hall–Kier alpha value is -0.100. The lowest BCUT2D eigenvalue weighted by atomic mass is 10.3. The lowest BCUT2D eigenvalue weighted by Crippen LogP contribution is -1.77. The van der Waals surface area contributed by atoms with Crippen molar-refractivity contribution >= 4 is 68.0 Å². The fraction of sp³-hybridized carbons (Fsp3) is 0. The molecule has 2 rings (SSSR count). The van der Waals surface area contributed by atoms with Crippen LogP contribution in [0.15, 0.2) is 34.1 Å². The summed E-state index contributed by atoms with van der Waals surface area (Å²) in [6.07, 6.45) is 0. The average Bonchev–Trinajstić information content (AvgIpc) is 2.37. The summed E-state index contributed by atoms with van der Waals surface area (Å²) in [6.45, 7) is 0. The summed E-state index contributed by atoms with van der Waals surface area (Å²) in [5.74, 6) is -0.137. The van der Waals surface area contributed by atoms with Crippen LogP contribution in [0.4, 0.5) is 0 Å². The molecule has 0 spiro atoms. The molecular formula is C12H6Cl4O2S2. The van der Waals surface area contributed by atoms with Gasteiger partial charge in [0.2, 0.25) is 0 Å². The molecule has 8 heteroatoms. The molecule has 0 aliphatic heterocycles. The van der Waals surface area contributed by atoms with Gasteiger partial charge in [0.15, 0.2) is 0 Å². The van der Waals surface area contributed by atoms with E-state index in [1.807, 2.05) is 0 Å². The number of phenolic OH excluding ortho intramolecular Hbond substituents is 2. The van der Waals surface area contributed by atoms with Crippen molar-refractivity contribution in [1.82, 2.24) is 0 Å². The normalized spacial score (nSPS) is 10.8. The number of benzene rings is 2. The minimum absolute atomic E-state index is 0.0684. The average molecular weight is 388 g/mol. The molecule has 0 saturated carbocycles. The first-order valence-electron chi connectivity index (χ1n) is 5.09. The third-order valence-corrected chi connectivity index (χ3v) is 5.61. The highest BCUT2D eigenvalue weighted by molar-refractivity contribution is 8.76. The van der Waals surface area contributed by atoms with Crippen LogP contribution in [0.3, 0.4) is 0 Å². The van der Waals surface area contributed by atoms with Crippen LogP contribution in [0, 0.1) is 0 Å². The van der Waals surface area contributed by atoms with Gasteiger partial charge in [0.1, 0.15) is 11.5 Å². The Balaban J connectivity index is 2.26. The molecule has 0 aliphatic rings. The lowest BCUT2D eigenvalue weighted by molar-refractivity contribution is 0.462. The number of hydrogen-bond donors (Lipinski definition) is 2. The van der Waals surface area contributed by atoms with Gasteiger partial charge in [-0.1, -0.05) is 46.4 Å². The molecular weight excluding hydrogens is 382 g/mol. The minimum Gasteiger partial charge on any atom is -0.505 e. The molecule has 2 aromatic carbocycles. The maximum absolute atomic E-state index is 9.84. The highest BCUT2D eigenvalue weighted by Gasteiger charge is 2.13. The molecule has 0 bridgehead atoms. The van der Waals surface area contributed by atoms with Crippen LogP contribution < -0.4 is 0 Å². The summed E-state index contributed by atoms with van der Waals surface area (Å²) in [7, 11) is 2.36. The van der Waals surface area contributed by atoms with Gasteiger partial charge in [-0.3, -0.25) is 0 Å². The zero-order valence-electron chi connectivity index (χ0n) is 9.53. The molecule has 106 valence electrons. The fourth-order valence-corrected chi connectivity index (χ4v) is 4.74. The number of halogens is 4. The van der Waals surface area contributed by atoms with Gasteiger partial charge in [0, 0.05) is 10.0 Å². The van der Waals surface area contributed by atoms with Crippen LogP contribution in [0.1, 0.15) is 0 Å². The predicted octanol–water partition coefficient (Wildman–Crippen LogP) is 6.51. The van der Waals surface area contributed by atoms with Gasteiger partial charge >= 0.3 is 0 Å². The monoisotopic (exact) mass is 386 g/mol. The number of hydrogen-bond acceptors (Lipinski definition) is 4. The maximum Gasteiger partial charge on any atom is 0.148 e.